The van der Waals surface area contributed by atoms with Gasteiger partial charge in [-0.2, -0.15) is 0 Å². The van der Waals surface area contributed by atoms with Gasteiger partial charge in [0.15, 0.2) is 14.1 Å². The molecule has 0 amide bonds. The molecular weight excluding hydrogens is 400 g/mol. The molecule has 0 heterocycles. The molecular formula is C27H40O3Si. The Kier molecular flexibility index (Phi) is 7.29. The maximum atomic E-state index is 13.3. The molecule has 2 aromatic carbocycles. The molecule has 170 valence electrons. The summed E-state index contributed by atoms with van der Waals surface area (Å²) in [7, 11) is -0.269. The van der Waals surface area contributed by atoms with Crippen LogP contribution in [0.1, 0.15) is 75.9 Å². The highest BCUT2D eigenvalue weighted by atomic mass is 28.4. The van der Waals surface area contributed by atoms with Gasteiger partial charge in [0.05, 0.1) is 12.7 Å². The number of carbonyl (C=O) groups is 1. The molecule has 0 radical (unpaired) electrons. The second-order valence-corrected chi connectivity index (χ2v) is 15.6. The van der Waals surface area contributed by atoms with Gasteiger partial charge >= 0.3 is 0 Å². The summed E-state index contributed by atoms with van der Waals surface area (Å²) in [6.07, 6.45) is 3.59. The van der Waals surface area contributed by atoms with Gasteiger partial charge in [0.25, 0.3) is 0 Å². The highest BCUT2D eigenvalue weighted by molar-refractivity contribution is 6.74. The second kappa shape index (κ2) is 8.91. The van der Waals surface area contributed by atoms with Crippen LogP contribution in [0, 0.1) is 6.92 Å². The van der Waals surface area contributed by atoms with Crippen LogP contribution in [-0.4, -0.2) is 26.8 Å². The van der Waals surface area contributed by atoms with Gasteiger partial charge < -0.3 is 9.16 Å². The Bertz CT molecular complexity index is 992. The standard InChI is InChI=1S/C27H40O3Si/c1-18(2)21-16-20-13-12-19(3)25(22(20)17-24(21)29-9)23(28)14-15-27(7,8)30-31(10,11)26(4,5)6/h12-18H,1-11H3/b15-14+. The van der Waals surface area contributed by atoms with E-state index in [1.807, 2.05) is 39.0 Å². The number of hydrogen-bond donors (Lipinski definition) is 0. The minimum absolute atomic E-state index is 0.00523. The maximum Gasteiger partial charge on any atom is 0.193 e. The minimum atomic E-state index is -1.95. The van der Waals surface area contributed by atoms with E-state index in [-0.39, 0.29) is 10.8 Å². The molecule has 0 spiro atoms. The lowest BCUT2D eigenvalue weighted by Gasteiger charge is -2.41. The van der Waals surface area contributed by atoms with Crippen LogP contribution in [0.4, 0.5) is 0 Å². The van der Waals surface area contributed by atoms with E-state index >= 15 is 0 Å². The van der Waals surface area contributed by atoms with Gasteiger partial charge in [-0.3, -0.25) is 4.79 Å². The van der Waals surface area contributed by atoms with Crippen LogP contribution in [-0.2, 0) is 4.43 Å². The number of ketones is 1. The van der Waals surface area contributed by atoms with E-state index in [4.69, 9.17) is 9.16 Å². The summed E-state index contributed by atoms with van der Waals surface area (Å²) in [4.78, 5) is 13.3. The predicted octanol–water partition coefficient (Wildman–Crippen LogP) is 7.82. The fraction of sp³-hybridized carbons (Fsp3) is 0.519. The average molecular weight is 441 g/mol. The number of aryl methyl sites for hydroxylation is 1. The zero-order chi connectivity index (χ0) is 23.8. The number of rotatable bonds is 7. The molecule has 0 saturated heterocycles. The van der Waals surface area contributed by atoms with Crippen molar-refractivity contribution >= 4 is 24.9 Å². The van der Waals surface area contributed by atoms with Crippen molar-refractivity contribution < 1.29 is 14.0 Å². The van der Waals surface area contributed by atoms with Crippen molar-refractivity contribution in [2.45, 2.75) is 85.0 Å². The topological polar surface area (TPSA) is 35.5 Å². The third kappa shape index (κ3) is 5.66. The van der Waals surface area contributed by atoms with Gasteiger partial charge in [0.1, 0.15) is 5.75 Å². The van der Waals surface area contributed by atoms with Crippen molar-refractivity contribution in [3.8, 4) is 5.75 Å². The van der Waals surface area contributed by atoms with Crippen molar-refractivity contribution in [1.29, 1.82) is 0 Å². The Labute approximate surface area is 190 Å². The zero-order valence-corrected chi connectivity index (χ0v) is 22.3. The van der Waals surface area contributed by atoms with E-state index in [0.717, 1.165) is 33.2 Å². The van der Waals surface area contributed by atoms with Crippen molar-refractivity contribution in [3.63, 3.8) is 0 Å². The van der Waals surface area contributed by atoms with E-state index in [1.165, 1.54) is 0 Å². The first-order chi connectivity index (χ1) is 14.1. The van der Waals surface area contributed by atoms with Crippen LogP contribution >= 0.6 is 0 Å². The summed E-state index contributed by atoms with van der Waals surface area (Å²) < 4.78 is 12.2. The molecule has 0 saturated carbocycles. The van der Waals surface area contributed by atoms with Gasteiger partial charge in [-0.25, -0.2) is 0 Å². The van der Waals surface area contributed by atoms with Crippen LogP contribution in [0.3, 0.4) is 0 Å². The Morgan fingerprint density at radius 2 is 1.68 bits per heavy atom. The fourth-order valence-electron chi connectivity index (χ4n) is 3.64. The Balaban J connectivity index is 2.47. The van der Waals surface area contributed by atoms with Crippen LogP contribution in [0.25, 0.3) is 10.8 Å². The fourth-order valence-corrected chi connectivity index (χ4v) is 5.33. The van der Waals surface area contributed by atoms with Crippen LogP contribution in [0.2, 0.25) is 18.1 Å². The molecule has 0 aliphatic rings. The summed E-state index contributed by atoms with van der Waals surface area (Å²) >= 11 is 0. The maximum absolute atomic E-state index is 13.3. The van der Waals surface area contributed by atoms with E-state index in [0.29, 0.717) is 5.92 Å². The molecule has 0 aromatic heterocycles. The van der Waals surface area contributed by atoms with Crippen molar-refractivity contribution in [2.75, 3.05) is 7.11 Å². The third-order valence-corrected chi connectivity index (χ3v) is 11.1. The largest absolute Gasteiger partial charge is 0.496 e. The van der Waals surface area contributed by atoms with Crippen LogP contribution in [0.5, 0.6) is 5.75 Å². The highest BCUT2D eigenvalue weighted by Gasteiger charge is 2.40. The number of carbonyl (C=O) groups excluding carboxylic acids is 1. The Morgan fingerprint density at radius 1 is 1.06 bits per heavy atom. The molecule has 0 aliphatic carbocycles. The number of allylic oxidation sites excluding steroid dienone is 1. The smallest absolute Gasteiger partial charge is 0.193 e. The first-order valence-electron chi connectivity index (χ1n) is 11.1. The molecule has 0 aliphatic heterocycles. The molecule has 0 N–H and O–H groups in total. The number of hydrogen-bond acceptors (Lipinski definition) is 3. The van der Waals surface area contributed by atoms with E-state index in [9.17, 15) is 4.79 Å². The molecule has 4 heteroatoms. The molecule has 0 fully saturated rings. The van der Waals surface area contributed by atoms with Gasteiger partial charge in [0.2, 0.25) is 0 Å². The summed E-state index contributed by atoms with van der Waals surface area (Å²) in [6.45, 7) is 21.5. The van der Waals surface area contributed by atoms with E-state index < -0.39 is 13.9 Å². The lowest BCUT2D eigenvalue weighted by molar-refractivity contribution is 0.103. The van der Waals surface area contributed by atoms with Gasteiger partial charge in [-0.05, 0) is 84.9 Å². The quantitative estimate of drug-likeness (QED) is 0.250. The SMILES string of the molecule is COc1cc2c(C(=O)/C=C/C(C)(C)O[Si](C)(C)C(C)(C)C)c(C)ccc2cc1C(C)C. The van der Waals surface area contributed by atoms with Crippen LogP contribution in [0.15, 0.2) is 36.4 Å². The second-order valence-electron chi connectivity index (χ2n) is 10.9. The van der Waals surface area contributed by atoms with Crippen molar-refractivity contribution in [3.05, 3.63) is 53.1 Å². The van der Waals surface area contributed by atoms with E-state index in [2.05, 4.69) is 59.8 Å². The summed E-state index contributed by atoms with van der Waals surface area (Å²) in [5.74, 6) is 1.16. The summed E-state index contributed by atoms with van der Waals surface area (Å²) in [6, 6.07) is 8.26. The normalized spacial score (nSPS) is 13.4. The lowest BCUT2D eigenvalue weighted by Crippen LogP contribution is -2.46. The summed E-state index contributed by atoms with van der Waals surface area (Å²) in [5.41, 5.74) is 2.33. The number of ether oxygens (including phenoxy) is 1. The van der Waals surface area contributed by atoms with Gasteiger partial charge in [0, 0.05) is 5.56 Å². The minimum Gasteiger partial charge on any atom is -0.496 e. The first kappa shape index (κ1) is 25.3. The molecule has 0 atom stereocenters. The third-order valence-electron chi connectivity index (χ3n) is 6.41. The molecule has 2 aromatic rings. The Hall–Kier alpha value is -1.91. The number of benzene rings is 2. The first-order valence-corrected chi connectivity index (χ1v) is 14.1. The molecule has 31 heavy (non-hydrogen) atoms. The predicted molar refractivity (Wildman–Crippen MR) is 135 cm³/mol. The molecule has 0 bridgehead atoms. The van der Waals surface area contributed by atoms with Crippen LogP contribution < -0.4 is 4.74 Å². The molecule has 2 rings (SSSR count). The van der Waals surface area contributed by atoms with Gasteiger partial charge in [-0.15, -0.1) is 0 Å². The lowest BCUT2D eigenvalue weighted by atomic mass is 9.92. The average Bonchev–Trinajstić information content (AvgIpc) is 2.63. The Morgan fingerprint density at radius 3 is 2.19 bits per heavy atom. The van der Waals surface area contributed by atoms with Gasteiger partial charge in [-0.1, -0.05) is 52.8 Å². The number of fused-ring (bicyclic) bond motifs is 1. The summed E-state index contributed by atoms with van der Waals surface area (Å²) in [5, 5.41) is 2.10. The molecule has 0 unspecified atom stereocenters. The number of methoxy groups -OCH3 is 1. The highest BCUT2D eigenvalue weighted by Crippen LogP contribution is 2.39. The van der Waals surface area contributed by atoms with E-state index in [1.54, 1.807) is 13.2 Å². The van der Waals surface area contributed by atoms with Crippen molar-refractivity contribution in [2.24, 2.45) is 0 Å². The van der Waals surface area contributed by atoms with Crippen molar-refractivity contribution in [1.82, 2.24) is 0 Å². The monoisotopic (exact) mass is 440 g/mol. The molecule has 3 nitrogen and oxygen atoms in total. The zero-order valence-electron chi connectivity index (χ0n) is 21.3.